The molecule has 0 N–H and O–H groups in total. The number of aromatic nitrogens is 2. The summed E-state index contributed by atoms with van der Waals surface area (Å²) in [6.45, 7) is 15.9. The highest BCUT2D eigenvalue weighted by Crippen LogP contribution is 2.44. The van der Waals surface area contributed by atoms with Crippen LogP contribution in [0.15, 0.2) is 18.3 Å². The van der Waals surface area contributed by atoms with Crippen molar-refractivity contribution in [2.45, 2.75) is 65.1 Å². The molecule has 2 aromatic rings. The minimum atomic E-state index is -1.97. The van der Waals surface area contributed by atoms with Crippen molar-refractivity contribution in [3.8, 4) is 6.07 Å². The first kappa shape index (κ1) is 16.8. The minimum absolute atomic E-state index is 0.540. The van der Waals surface area contributed by atoms with E-state index in [4.69, 9.17) is 4.98 Å². The fraction of sp³-hybridized carbons (Fsp3) is 0.556. The molecule has 3 nitrogen and oxygen atoms in total. The summed E-state index contributed by atoms with van der Waals surface area (Å²) in [4.78, 5) is 4.71. The molecule has 0 atom stereocenters. The quantitative estimate of drug-likeness (QED) is 0.724. The van der Waals surface area contributed by atoms with E-state index in [-0.39, 0.29) is 0 Å². The number of aryl methyl sites for hydroxylation is 1. The van der Waals surface area contributed by atoms with Crippen LogP contribution in [0.4, 0.5) is 0 Å². The van der Waals surface area contributed by atoms with Gasteiger partial charge in [-0.1, -0.05) is 41.5 Å². The van der Waals surface area contributed by atoms with Crippen LogP contribution in [0.25, 0.3) is 11.0 Å². The molecule has 0 amide bonds. The Kier molecular flexibility index (Phi) is 4.48. The Morgan fingerprint density at radius 1 is 1.05 bits per heavy atom. The van der Waals surface area contributed by atoms with Gasteiger partial charge in [-0.25, -0.2) is 4.98 Å². The van der Waals surface area contributed by atoms with Gasteiger partial charge in [0.05, 0.1) is 0 Å². The van der Waals surface area contributed by atoms with Crippen molar-refractivity contribution in [1.82, 2.24) is 9.22 Å². The Morgan fingerprint density at radius 2 is 1.59 bits per heavy atom. The molecule has 0 radical (unpaired) electrons. The number of nitrogens with zero attached hydrogens (tertiary/aromatic N) is 3. The van der Waals surface area contributed by atoms with Crippen molar-refractivity contribution in [2.75, 3.05) is 0 Å². The molecule has 4 heteroatoms. The van der Waals surface area contributed by atoms with E-state index in [9.17, 15) is 5.26 Å². The Balaban J connectivity index is 2.93. The second kappa shape index (κ2) is 5.89. The molecule has 0 aliphatic rings. The van der Waals surface area contributed by atoms with Crippen molar-refractivity contribution >= 4 is 19.3 Å². The molecular formula is C18H27N3Si. The summed E-state index contributed by atoms with van der Waals surface area (Å²) >= 11 is 0. The van der Waals surface area contributed by atoms with Gasteiger partial charge in [0, 0.05) is 11.6 Å². The lowest BCUT2D eigenvalue weighted by molar-refractivity contribution is 0.767. The topological polar surface area (TPSA) is 41.6 Å². The summed E-state index contributed by atoms with van der Waals surface area (Å²) in [6, 6.07) is 6.59. The maximum Gasteiger partial charge on any atom is 0.172 e. The van der Waals surface area contributed by atoms with Crippen LogP contribution in [-0.4, -0.2) is 17.5 Å². The van der Waals surface area contributed by atoms with Crippen LogP contribution in [0.1, 0.15) is 52.8 Å². The summed E-state index contributed by atoms with van der Waals surface area (Å²) in [5.41, 5.74) is 4.52. The Bertz CT molecular complexity index is 698. The van der Waals surface area contributed by atoms with Gasteiger partial charge in [-0.05, 0) is 41.2 Å². The summed E-state index contributed by atoms with van der Waals surface area (Å²) < 4.78 is 2.35. The highest BCUT2D eigenvalue weighted by molar-refractivity contribution is 6.82. The summed E-state index contributed by atoms with van der Waals surface area (Å²) in [5, 5.41) is 10.8. The maximum absolute atomic E-state index is 9.72. The van der Waals surface area contributed by atoms with Gasteiger partial charge >= 0.3 is 0 Å². The first-order valence-corrected chi connectivity index (χ1v) is 10.3. The molecule has 0 spiro atoms. The predicted molar refractivity (Wildman–Crippen MR) is 95.6 cm³/mol. The van der Waals surface area contributed by atoms with Gasteiger partial charge in [0.25, 0.3) is 0 Å². The number of hydrogen-bond donors (Lipinski definition) is 0. The molecule has 2 heterocycles. The van der Waals surface area contributed by atoms with Crippen LogP contribution in [0, 0.1) is 18.3 Å². The molecule has 0 unspecified atom stereocenters. The average molecular weight is 314 g/mol. The molecular weight excluding hydrogens is 286 g/mol. The van der Waals surface area contributed by atoms with Gasteiger partial charge in [-0.15, -0.1) is 0 Å². The van der Waals surface area contributed by atoms with E-state index in [0.717, 1.165) is 22.3 Å². The number of pyridine rings is 1. The molecule has 0 aliphatic heterocycles. The first-order valence-electron chi connectivity index (χ1n) is 8.15. The van der Waals surface area contributed by atoms with Crippen LogP contribution in [0.2, 0.25) is 16.6 Å². The van der Waals surface area contributed by atoms with Crippen molar-refractivity contribution < 1.29 is 0 Å². The smallest absolute Gasteiger partial charge is 0.172 e. The lowest BCUT2D eigenvalue weighted by Crippen LogP contribution is -2.52. The van der Waals surface area contributed by atoms with E-state index >= 15 is 0 Å². The fourth-order valence-corrected chi connectivity index (χ4v) is 11.1. The summed E-state index contributed by atoms with van der Waals surface area (Å²) in [7, 11) is -1.97. The van der Waals surface area contributed by atoms with Crippen molar-refractivity contribution in [1.29, 1.82) is 5.26 Å². The molecule has 118 valence electrons. The van der Waals surface area contributed by atoms with Crippen LogP contribution < -0.4 is 0 Å². The van der Waals surface area contributed by atoms with Gasteiger partial charge in [-0.3, -0.25) is 0 Å². The van der Waals surface area contributed by atoms with Crippen molar-refractivity contribution in [3.63, 3.8) is 0 Å². The lowest BCUT2D eigenvalue weighted by atomic mass is 10.2. The second-order valence-corrected chi connectivity index (χ2v) is 12.9. The number of rotatable bonds is 4. The van der Waals surface area contributed by atoms with Gasteiger partial charge in [-0.2, -0.15) is 5.26 Å². The van der Waals surface area contributed by atoms with Gasteiger partial charge in [0.15, 0.2) is 8.24 Å². The third kappa shape index (κ3) is 2.28. The largest absolute Gasteiger partial charge is 0.344 e. The number of hydrogen-bond acceptors (Lipinski definition) is 2. The van der Waals surface area contributed by atoms with Crippen molar-refractivity contribution in [2.24, 2.45) is 0 Å². The molecule has 2 aromatic heterocycles. The molecule has 0 saturated carbocycles. The molecule has 0 aliphatic carbocycles. The van der Waals surface area contributed by atoms with Crippen LogP contribution in [-0.2, 0) is 0 Å². The standard InChI is InChI=1S/C18H27N3Si/c1-12(2)22(13(3)4,14(5)6)21-17(10-19)9-16-8-15(7)11-20-18(16)21/h8-9,11-14H,1-7H3. The molecule has 0 bridgehead atoms. The van der Waals surface area contributed by atoms with E-state index in [0.29, 0.717) is 16.6 Å². The predicted octanol–water partition coefficient (Wildman–Crippen LogP) is 5.24. The van der Waals surface area contributed by atoms with E-state index in [1.165, 1.54) is 0 Å². The first-order chi connectivity index (χ1) is 10.3. The van der Waals surface area contributed by atoms with Gasteiger partial charge in [0.2, 0.25) is 0 Å². The third-order valence-corrected chi connectivity index (χ3v) is 11.8. The minimum Gasteiger partial charge on any atom is -0.344 e. The van der Waals surface area contributed by atoms with E-state index in [1.54, 1.807) is 0 Å². The van der Waals surface area contributed by atoms with Gasteiger partial charge < -0.3 is 4.23 Å². The van der Waals surface area contributed by atoms with Crippen LogP contribution in [0.5, 0.6) is 0 Å². The normalized spacial score (nSPS) is 12.6. The van der Waals surface area contributed by atoms with E-state index in [2.05, 4.69) is 57.9 Å². The van der Waals surface area contributed by atoms with Gasteiger partial charge in [0.1, 0.15) is 17.4 Å². The van der Waals surface area contributed by atoms with E-state index < -0.39 is 8.24 Å². The summed E-state index contributed by atoms with van der Waals surface area (Å²) in [6.07, 6.45) is 1.92. The van der Waals surface area contributed by atoms with Crippen LogP contribution >= 0.6 is 0 Å². The zero-order chi connectivity index (χ0) is 16.7. The molecule has 0 aromatic carbocycles. The monoisotopic (exact) mass is 313 g/mol. The molecule has 0 fully saturated rings. The van der Waals surface area contributed by atoms with Crippen LogP contribution in [0.3, 0.4) is 0 Å². The average Bonchev–Trinajstić information content (AvgIpc) is 2.76. The Morgan fingerprint density at radius 3 is 2.05 bits per heavy atom. The van der Waals surface area contributed by atoms with E-state index in [1.807, 2.05) is 19.2 Å². The zero-order valence-electron chi connectivity index (χ0n) is 14.8. The number of fused-ring (bicyclic) bond motifs is 1. The second-order valence-electron chi connectivity index (χ2n) is 7.25. The zero-order valence-corrected chi connectivity index (χ0v) is 15.8. The Hall–Kier alpha value is -1.60. The summed E-state index contributed by atoms with van der Waals surface area (Å²) in [5.74, 6) is 0. The maximum atomic E-state index is 9.72. The molecule has 2 rings (SSSR count). The molecule has 22 heavy (non-hydrogen) atoms. The van der Waals surface area contributed by atoms with Crippen molar-refractivity contribution in [3.05, 3.63) is 29.6 Å². The number of nitriles is 1. The highest BCUT2D eigenvalue weighted by atomic mass is 28.3. The third-order valence-electron chi connectivity index (χ3n) is 5.05. The SMILES string of the molecule is Cc1cnc2c(c1)cc(C#N)n2[Si](C(C)C)(C(C)C)C(C)C. The molecule has 0 saturated heterocycles. The Labute approximate surface area is 135 Å². The fourth-order valence-electron chi connectivity index (χ4n) is 4.45. The highest BCUT2D eigenvalue weighted by Gasteiger charge is 2.47. The lowest BCUT2D eigenvalue weighted by Gasteiger charge is -2.44.